The summed E-state index contributed by atoms with van der Waals surface area (Å²) < 4.78 is 39.3. The molecule has 0 saturated carbocycles. The molecule has 0 bridgehead atoms. The highest BCUT2D eigenvalue weighted by Gasteiger charge is 2.45. The maximum absolute atomic E-state index is 13.1. The molecular formula is C18H26F3N3O5. The molecule has 8 nitrogen and oxygen atoms in total. The summed E-state index contributed by atoms with van der Waals surface area (Å²) in [4.78, 5) is 37.1. The van der Waals surface area contributed by atoms with Gasteiger partial charge in [-0.15, -0.1) is 0 Å². The molecule has 0 aromatic rings. The predicted octanol–water partition coefficient (Wildman–Crippen LogP) is 0.885. The summed E-state index contributed by atoms with van der Waals surface area (Å²) in [6.45, 7) is 0.422. The van der Waals surface area contributed by atoms with Crippen LogP contribution in [0.15, 0.2) is 23.9 Å². The van der Waals surface area contributed by atoms with Crippen LogP contribution in [0.4, 0.5) is 13.2 Å². The number of carbonyl (C=O) groups is 3. The molecule has 1 rings (SSSR count). The number of hydrogen-bond acceptors (Lipinski definition) is 5. The Morgan fingerprint density at radius 1 is 1.24 bits per heavy atom. The first kappa shape index (κ1) is 24.5. The summed E-state index contributed by atoms with van der Waals surface area (Å²) >= 11 is 0. The standard InChI is InChI=1S/C18H26F3N3O5/c1-3-17(10-13(15(27)28)6-7-22-17)12-24(16(29)18(19,20)21)11-14(26)23(2)8-4-5-9-25/h6-7,10,22,25H,3-5,8-9,11-12H2,1-2H3,(H,27,28). The van der Waals surface area contributed by atoms with Crippen molar-refractivity contribution in [3.63, 3.8) is 0 Å². The maximum Gasteiger partial charge on any atom is 0.471 e. The van der Waals surface area contributed by atoms with E-state index in [0.717, 1.165) is 0 Å². The number of hydrogen-bond donors (Lipinski definition) is 3. The number of alkyl halides is 3. The Morgan fingerprint density at radius 2 is 1.90 bits per heavy atom. The van der Waals surface area contributed by atoms with Crippen LogP contribution in [-0.2, 0) is 14.4 Å². The molecule has 164 valence electrons. The largest absolute Gasteiger partial charge is 0.478 e. The number of aliphatic hydroxyl groups is 1. The van der Waals surface area contributed by atoms with Crippen LogP contribution in [-0.4, -0.2) is 82.8 Å². The van der Waals surface area contributed by atoms with Crippen LogP contribution in [0, 0.1) is 0 Å². The van der Waals surface area contributed by atoms with Crippen LogP contribution < -0.4 is 5.32 Å². The summed E-state index contributed by atoms with van der Waals surface area (Å²) in [5.74, 6) is -4.13. The molecule has 1 atom stereocenters. The molecule has 0 radical (unpaired) electrons. The summed E-state index contributed by atoms with van der Waals surface area (Å²) in [6.07, 6.45) is -0.312. The van der Waals surface area contributed by atoms with E-state index in [-0.39, 0.29) is 25.1 Å². The number of carbonyl (C=O) groups excluding carboxylic acids is 2. The normalized spacial score (nSPS) is 18.6. The SMILES string of the molecule is CCC1(CN(CC(=O)N(C)CCCCO)C(=O)C(F)(F)F)C=C(C(=O)O)C=CN1. The predicted molar refractivity (Wildman–Crippen MR) is 97.6 cm³/mol. The number of rotatable bonds is 10. The van der Waals surface area contributed by atoms with Crippen molar-refractivity contribution in [1.29, 1.82) is 0 Å². The zero-order chi connectivity index (χ0) is 22.2. The molecule has 0 fully saturated rings. The number of carboxylic acid groups (broad SMARTS) is 1. The van der Waals surface area contributed by atoms with Crippen LogP contribution in [0.1, 0.15) is 26.2 Å². The zero-order valence-corrected chi connectivity index (χ0v) is 16.3. The Balaban J connectivity index is 3.07. The lowest BCUT2D eigenvalue weighted by molar-refractivity contribution is -0.187. The summed E-state index contributed by atoms with van der Waals surface area (Å²) in [5.41, 5.74) is -1.39. The van der Waals surface area contributed by atoms with Gasteiger partial charge < -0.3 is 25.3 Å². The van der Waals surface area contributed by atoms with Crippen molar-refractivity contribution < 1.29 is 37.8 Å². The molecule has 0 aromatic heterocycles. The summed E-state index contributed by atoms with van der Waals surface area (Å²) in [6, 6.07) is 0. The Morgan fingerprint density at radius 3 is 2.41 bits per heavy atom. The number of aliphatic hydroxyl groups excluding tert-OH is 1. The number of amides is 2. The minimum absolute atomic E-state index is 0.0723. The first-order chi connectivity index (χ1) is 13.5. The van der Waals surface area contributed by atoms with Gasteiger partial charge in [-0.05, 0) is 37.6 Å². The maximum atomic E-state index is 13.1. The molecule has 0 saturated heterocycles. The molecule has 2 amide bonds. The van der Waals surface area contributed by atoms with Crippen LogP contribution in [0.25, 0.3) is 0 Å². The lowest BCUT2D eigenvalue weighted by Crippen LogP contribution is -2.57. The number of carboxylic acids is 1. The van der Waals surface area contributed by atoms with E-state index in [1.54, 1.807) is 6.92 Å². The number of nitrogens with zero attached hydrogens (tertiary/aromatic N) is 2. The third-order valence-corrected chi connectivity index (χ3v) is 4.60. The fourth-order valence-electron chi connectivity index (χ4n) is 2.81. The Hall–Kier alpha value is -2.56. The first-order valence-corrected chi connectivity index (χ1v) is 9.07. The number of halogens is 3. The van der Waals surface area contributed by atoms with E-state index in [2.05, 4.69) is 5.32 Å². The molecule has 29 heavy (non-hydrogen) atoms. The third-order valence-electron chi connectivity index (χ3n) is 4.60. The lowest BCUT2D eigenvalue weighted by atomic mass is 9.90. The summed E-state index contributed by atoms with van der Waals surface area (Å²) in [7, 11) is 1.40. The van der Waals surface area contributed by atoms with E-state index in [4.69, 9.17) is 5.11 Å². The quantitative estimate of drug-likeness (QED) is 0.452. The monoisotopic (exact) mass is 421 g/mol. The summed E-state index contributed by atoms with van der Waals surface area (Å²) in [5, 5.41) is 20.8. The Kier molecular flexibility index (Phi) is 8.68. The van der Waals surface area contributed by atoms with Crippen LogP contribution in [0.3, 0.4) is 0 Å². The number of nitrogens with one attached hydrogen (secondary N) is 1. The first-order valence-electron chi connectivity index (χ1n) is 9.07. The van der Waals surface area contributed by atoms with Gasteiger partial charge in [-0.3, -0.25) is 9.59 Å². The van der Waals surface area contributed by atoms with E-state index in [1.165, 1.54) is 30.3 Å². The molecule has 11 heteroatoms. The van der Waals surface area contributed by atoms with Gasteiger partial charge in [0.2, 0.25) is 5.91 Å². The van der Waals surface area contributed by atoms with Crippen molar-refractivity contribution in [3.8, 4) is 0 Å². The molecular weight excluding hydrogens is 395 g/mol. The highest BCUT2D eigenvalue weighted by atomic mass is 19.4. The molecule has 3 N–H and O–H groups in total. The number of dihydropyridines is 1. The molecule has 0 aromatic carbocycles. The fraction of sp³-hybridized carbons (Fsp3) is 0.611. The van der Waals surface area contributed by atoms with Gasteiger partial charge in [0.1, 0.15) is 6.54 Å². The van der Waals surface area contributed by atoms with Crippen molar-refractivity contribution in [2.45, 2.75) is 37.9 Å². The molecule has 1 aliphatic rings. The Labute approximate surface area is 166 Å². The van der Waals surface area contributed by atoms with Gasteiger partial charge in [0, 0.05) is 26.7 Å². The molecule has 1 unspecified atom stereocenters. The molecule has 0 spiro atoms. The van der Waals surface area contributed by atoms with Crippen molar-refractivity contribution in [1.82, 2.24) is 15.1 Å². The number of aliphatic carboxylic acids is 1. The van der Waals surface area contributed by atoms with Crippen LogP contribution in [0.5, 0.6) is 0 Å². The minimum Gasteiger partial charge on any atom is -0.478 e. The number of likely N-dealkylation sites (N-methyl/N-ethyl adjacent to an activating group) is 1. The van der Waals surface area contributed by atoms with E-state index in [0.29, 0.717) is 17.7 Å². The molecule has 1 aliphatic heterocycles. The average Bonchev–Trinajstić information content (AvgIpc) is 2.66. The van der Waals surface area contributed by atoms with Crippen LogP contribution >= 0.6 is 0 Å². The third kappa shape index (κ3) is 7.08. The highest BCUT2D eigenvalue weighted by molar-refractivity contribution is 5.91. The van der Waals surface area contributed by atoms with Gasteiger partial charge in [0.15, 0.2) is 0 Å². The molecule has 0 aliphatic carbocycles. The molecule has 1 heterocycles. The Bertz CT molecular complexity index is 678. The highest BCUT2D eigenvalue weighted by Crippen LogP contribution is 2.25. The topological polar surface area (TPSA) is 110 Å². The van der Waals surface area contributed by atoms with Gasteiger partial charge in [-0.1, -0.05) is 6.92 Å². The van der Waals surface area contributed by atoms with Gasteiger partial charge in [0.05, 0.1) is 11.1 Å². The minimum atomic E-state index is -5.19. The second-order valence-corrected chi connectivity index (χ2v) is 6.80. The lowest BCUT2D eigenvalue weighted by Gasteiger charge is -2.38. The van der Waals surface area contributed by atoms with Crippen molar-refractivity contribution >= 4 is 17.8 Å². The van der Waals surface area contributed by atoms with Crippen molar-refractivity contribution in [2.75, 3.05) is 33.3 Å². The van der Waals surface area contributed by atoms with Crippen LogP contribution in [0.2, 0.25) is 0 Å². The van der Waals surface area contributed by atoms with E-state index in [9.17, 15) is 32.7 Å². The average molecular weight is 421 g/mol. The van der Waals surface area contributed by atoms with Crippen molar-refractivity contribution in [2.24, 2.45) is 0 Å². The van der Waals surface area contributed by atoms with E-state index >= 15 is 0 Å². The van der Waals surface area contributed by atoms with Gasteiger partial charge >= 0.3 is 18.1 Å². The second-order valence-electron chi connectivity index (χ2n) is 6.80. The van der Waals surface area contributed by atoms with Gasteiger partial charge in [-0.25, -0.2) is 4.79 Å². The van der Waals surface area contributed by atoms with E-state index < -0.39 is 42.6 Å². The smallest absolute Gasteiger partial charge is 0.471 e. The van der Waals surface area contributed by atoms with Gasteiger partial charge in [0.25, 0.3) is 0 Å². The number of unbranched alkanes of at least 4 members (excludes halogenated alkanes) is 1. The van der Waals surface area contributed by atoms with Crippen molar-refractivity contribution in [3.05, 3.63) is 23.9 Å². The fourth-order valence-corrected chi connectivity index (χ4v) is 2.81. The van der Waals surface area contributed by atoms with Gasteiger partial charge in [-0.2, -0.15) is 13.2 Å². The van der Waals surface area contributed by atoms with E-state index in [1.807, 2.05) is 0 Å². The second kappa shape index (κ2) is 10.3. The zero-order valence-electron chi connectivity index (χ0n) is 16.3.